The van der Waals surface area contributed by atoms with Gasteiger partial charge in [-0.15, -0.1) is 0 Å². The van der Waals surface area contributed by atoms with Crippen LogP contribution in [0, 0.1) is 5.92 Å². The summed E-state index contributed by atoms with van der Waals surface area (Å²) in [6, 6.07) is 0. The van der Waals surface area contributed by atoms with Crippen molar-refractivity contribution >= 4 is 17.7 Å². The van der Waals surface area contributed by atoms with Crippen LogP contribution in [0.1, 0.15) is 13.3 Å². The van der Waals surface area contributed by atoms with Crippen LogP contribution in [0.3, 0.4) is 0 Å². The Morgan fingerprint density at radius 3 is 2.70 bits per heavy atom. The molecule has 1 saturated heterocycles. The first-order valence-corrected chi connectivity index (χ1v) is 6.40. The lowest BCUT2D eigenvalue weighted by atomic mass is 10.1. The molecule has 1 fully saturated rings. The highest BCUT2D eigenvalue weighted by atomic mass is 16.7. The molecule has 1 rings (SSSR count). The predicted molar refractivity (Wildman–Crippen MR) is 69.2 cm³/mol. The van der Waals surface area contributed by atoms with Crippen molar-refractivity contribution in [2.24, 2.45) is 5.92 Å². The second-order valence-corrected chi connectivity index (χ2v) is 4.99. The van der Waals surface area contributed by atoms with Gasteiger partial charge in [0.2, 0.25) is 17.7 Å². The normalized spacial score (nSPS) is 20.6. The van der Waals surface area contributed by atoms with Crippen LogP contribution in [-0.2, 0) is 19.2 Å². The number of amides is 3. The number of carbonyl (C=O) groups excluding carboxylic acids is 3. The van der Waals surface area contributed by atoms with Crippen molar-refractivity contribution in [2.45, 2.75) is 19.4 Å². The van der Waals surface area contributed by atoms with E-state index in [0.717, 1.165) is 4.90 Å². The number of nitrogens with one attached hydrogen (secondary N) is 1. The fraction of sp³-hybridized carbons (Fsp3) is 0.750. The Bertz CT molecular complexity index is 385. The summed E-state index contributed by atoms with van der Waals surface area (Å²) >= 11 is 0. The molecule has 114 valence electrons. The van der Waals surface area contributed by atoms with E-state index in [1.165, 1.54) is 5.06 Å². The molecular weight excluding hydrogens is 266 g/mol. The van der Waals surface area contributed by atoms with Crippen molar-refractivity contribution in [3.8, 4) is 0 Å². The molecule has 0 bridgehead atoms. The van der Waals surface area contributed by atoms with E-state index in [1.54, 1.807) is 21.0 Å². The second-order valence-electron chi connectivity index (χ2n) is 4.99. The number of aliphatic hydroxyl groups excluding tert-OH is 1. The zero-order valence-electron chi connectivity index (χ0n) is 12.0. The summed E-state index contributed by atoms with van der Waals surface area (Å²) in [6.45, 7) is 1.40. The number of carbonyl (C=O) groups is 3. The lowest BCUT2D eigenvalue weighted by Gasteiger charge is -2.17. The molecule has 0 aromatic rings. The van der Waals surface area contributed by atoms with Gasteiger partial charge < -0.3 is 10.4 Å². The van der Waals surface area contributed by atoms with Gasteiger partial charge in [-0.25, -0.2) is 0 Å². The molecule has 0 saturated carbocycles. The SMILES string of the molecule is CC1CC(=O)N(CC(=O)NCC(O)CON(C)C)C1=O. The zero-order valence-corrected chi connectivity index (χ0v) is 12.0. The molecule has 0 aromatic heterocycles. The fourth-order valence-corrected chi connectivity index (χ4v) is 1.74. The maximum atomic E-state index is 11.6. The standard InChI is InChI=1S/C12H21N3O5/c1-8-4-11(18)15(12(8)19)6-10(17)13-5-9(16)7-20-14(2)3/h8-9,16H,4-7H2,1-3H3,(H,13,17). The Labute approximate surface area is 117 Å². The van der Waals surface area contributed by atoms with E-state index >= 15 is 0 Å². The lowest BCUT2D eigenvalue weighted by molar-refractivity contribution is -0.146. The summed E-state index contributed by atoms with van der Waals surface area (Å²) in [4.78, 5) is 40.7. The molecule has 2 N–H and O–H groups in total. The third-order valence-electron chi connectivity index (χ3n) is 2.83. The molecule has 0 spiro atoms. The van der Waals surface area contributed by atoms with Crippen LogP contribution in [-0.4, -0.2) is 72.7 Å². The molecule has 8 nitrogen and oxygen atoms in total. The van der Waals surface area contributed by atoms with Crippen molar-refractivity contribution < 1.29 is 24.3 Å². The third kappa shape index (κ3) is 4.87. The number of hydrogen-bond donors (Lipinski definition) is 2. The van der Waals surface area contributed by atoms with E-state index in [2.05, 4.69) is 5.32 Å². The number of hydroxylamine groups is 2. The van der Waals surface area contributed by atoms with Crippen LogP contribution in [0.25, 0.3) is 0 Å². The van der Waals surface area contributed by atoms with Gasteiger partial charge in [0.15, 0.2) is 0 Å². The molecule has 20 heavy (non-hydrogen) atoms. The monoisotopic (exact) mass is 287 g/mol. The van der Waals surface area contributed by atoms with Gasteiger partial charge in [-0.3, -0.25) is 24.1 Å². The van der Waals surface area contributed by atoms with Gasteiger partial charge in [-0.1, -0.05) is 6.92 Å². The first-order valence-electron chi connectivity index (χ1n) is 6.40. The molecule has 0 aliphatic carbocycles. The van der Waals surface area contributed by atoms with Crippen LogP contribution in [0.4, 0.5) is 0 Å². The zero-order chi connectivity index (χ0) is 15.3. The van der Waals surface area contributed by atoms with Crippen LogP contribution in [0.2, 0.25) is 0 Å². The van der Waals surface area contributed by atoms with Crippen LogP contribution >= 0.6 is 0 Å². The van der Waals surface area contributed by atoms with Crippen molar-refractivity contribution in [1.82, 2.24) is 15.3 Å². The van der Waals surface area contributed by atoms with E-state index < -0.39 is 12.0 Å². The highest BCUT2D eigenvalue weighted by molar-refractivity contribution is 6.05. The lowest BCUT2D eigenvalue weighted by Crippen LogP contribution is -2.43. The molecule has 1 aliphatic heterocycles. The summed E-state index contributed by atoms with van der Waals surface area (Å²) in [5, 5.41) is 13.4. The van der Waals surface area contributed by atoms with Crippen molar-refractivity contribution in [1.29, 1.82) is 0 Å². The molecule has 0 radical (unpaired) electrons. The average molecular weight is 287 g/mol. The van der Waals surface area contributed by atoms with Gasteiger partial charge in [0.25, 0.3) is 0 Å². The van der Waals surface area contributed by atoms with Gasteiger partial charge in [-0.05, 0) is 0 Å². The largest absolute Gasteiger partial charge is 0.389 e. The Kier molecular flexibility index (Phi) is 6.05. The number of likely N-dealkylation sites (tertiary alicyclic amines) is 1. The van der Waals surface area contributed by atoms with E-state index in [9.17, 15) is 19.5 Å². The van der Waals surface area contributed by atoms with Crippen molar-refractivity contribution in [2.75, 3.05) is 33.8 Å². The van der Waals surface area contributed by atoms with E-state index in [0.29, 0.717) is 0 Å². The van der Waals surface area contributed by atoms with Crippen molar-refractivity contribution in [3.05, 3.63) is 0 Å². The van der Waals surface area contributed by atoms with Crippen molar-refractivity contribution in [3.63, 3.8) is 0 Å². The van der Waals surface area contributed by atoms with Gasteiger partial charge in [0.1, 0.15) is 6.54 Å². The number of hydrogen-bond acceptors (Lipinski definition) is 6. The number of nitrogens with zero attached hydrogens (tertiary/aromatic N) is 2. The third-order valence-corrected chi connectivity index (χ3v) is 2.83. The molecular formula is C12H21N3O5. The molecule has 1 heterocycles. The van der Waals surface area contributed by atoms with E-state index in [-0.39, 0.29) is 43.8 Å². The van der Waals surface area contributed by atoms with Crippen LogP contribution in [0.15, 0.2) is 0 Å². The molecule has 3 amide bonds. The average Bonchev–Trinajstić information content (AvgIpc) is 2.60. The quantitative estimate of drug-likeness (QED) is 0.430. The summed E-state index contributed by atoms with van der Waals surface area (Å²) in [5.74, 6) is -1.52. The smallest absolute Gasteiger partial charge is 0.240 e. The first kappa shape index (κ1) is 16.5. The Hall–Kier alpha value is -1.51. The minimum Gasteiger partial charge on any atom is -0.389 e. The van der Waals surface area contributed by atoms with Crippen LogP contribution < -0.4 is 5.32 Å². The van der Waals surface area contributed by atoms with Crippen LogP contribution in [0.5, 0.6) is 0 Å². The van der Waals surface area contributed by atoms with E-state index in [1.807, 2.05) is 0 Å². The summed E-state index contributed by atoms with van der Waals surface area (Å²) in [7, 11) is 3.36. The molecule has 8 heteroatoms. The maximum absolute atomic E-state index is 11.6. The maximum Gasteiger partial charge on any atom is 0.240 e. The van der Waals surface area contributed by atoms with Gasteiger partial charge in [0.05, 0.1) is 12.7 Å². The highest BCUT2D eigenvalue weighted by Gasteiger charge is 2.36. The number of aliphatic hydroxyl groups is 1. The Morgan fingerprint density at radius 1 is 1.55 bits per heavy atom. The first-order chi connectivity index (χ1) is 9.31. The Balaban J connectivity index is 2.30. The molecule has 0 aromatic carbocycles. The predicted octanol–water partition coefficient (Wildman–Crippen LogP) is -1.65. The number of imide groups is 1. The minimum atomic E-state index is -0.856. The number of rotatable bonds is 7. The minimum absolute atomic E-state index is 0.00154. The molecule has 1 aliphatic rings. The van der Waals surface area contributed by atoms with Gasteiger partial charge >= 0.3 is 0 Å². The van der Waals surface area contributed by atoms with E-state index in [4.69, 9.17) is 4.84 Å². The van der Waals surface area contributed by atoms with Gasteiger partial charge in [0, 0.05) is 33.0 Å². The molecule has 2 atom stereocenters. The summed E-state index contributed by atoms with van der Waals surface area (Å²) in [6.07, 6.45) is -0.712. The molecule has 2 unspecified atom stereocenters. The topological polar surface area (TPSA) is 99.2 Å². The van der Waals surface area contributed by atoms with Gasteiger partial charge in [-0.2, -0.15) is 5.06 Å². The Morgan fingerprint density at radius 2 is 2.20 bits per heavy atom. The highest BCUT2D eigenvalue weighted by Crippen LogP contribution is 2.17. The second kappa shape index (κ2) is 7.32. The fourth-order valence-electron chi connectivity index (χ4n) is 1.74. The summed E-state index contributed by atoms with van der Waals surface area (Å²) < 4.78 is 0. The summed E-state index contributed by atoms with van der Waals surface area (Å²) in [5.41, 5.74) is 0.